The van der Waals surface area contributed by atoms with E-state index in [9.17, 15) is 0 Å². The van der Waals surface area contributed by atoms with Crippen molar-refractivity contribution in [3.63, 3.8) is 0 Å². The zero-order chi connectivity index (χ0) is 8.27. The fraction of sp³-hybridized carbons (Fsp3) is 0.111. The van der Waals surface area contributed by atoms with Crippen LogP contribution in [0, 0.1) is 12.3 Å². The molecular formula is C9H8BrN. The van der Waals surface area contributed by atoms with Crippen LogP contribution in [0.3, 0.4) is 0 Å². The molecule has 0 fully saturated rings. The molecule has 0 aliphatic heterocycles. The number of hydrogen-bond acceptors (Lipinski definition) is 1. The van der Waals surface area contributed by atoms with E-state index in [2.05, 4.69) is 21.9 Å². The van der Waals surface area contributed by atoms with E-state index >= 15 is 0 Å². The van der Waals surface area contributed by atoms with Crippen LogP contribution in [0.4, 0.5) is 0 Å². The Kier molecular flexibility index (Phi) is 2.70. The first-order chi connectivity index (χ1) is 5.25. The highest BCUT2D eigenvalue weighted by atomic mass is 79.9. The zero-order valence-corrected chi connectivity index (χ0v) is 7.51. The Balaban J connectivity index is 3.05. The number of nitrogens with two attached hydrogens (primary N) is 1. The van der Waals surface area contributed by atoms with Crippen LogP contribution in [0.25, 0.3) is 0 Å². The highest BCUT2D eigenvalue weighted by Gasteiger charge is 2.03. The summed E-state index contributed by atoms with van der Waals surface area (Å²) in [5.41, 5.74) is 6.58. The highest BCUT2D eigenvalue weighted by molar-refractivity contribution is 9.10. The van der Waals surface area contributed by atoms with Crippen molar-refractivity contribution in [3.8, 4) is 12.3 Å². The molecule has 11 heavy (non-hydrogen) atoms. The van der Waals surface area contributed by atoms with E-state index in [1.165, 1.54) is 0 Å². The van der Waals surface area contributed by atoms with E-state index in [-0.39, 0.29) is 6.04 Å². The summed E-state index contributed by atoms with van der Waals surface area (Å²) in [6.07, 6.45) is 5.18. The van der Waals surface area contributed by atoms with Crippen LogP contribution in [0.2, 0.25) is 0 Å². The summed E-state index contributed by atoms with van der Waals surface area (Å²) in [5, 5.41) is 0. The largest absolute Gasteiger partial charge is 0.314 e. The van der Waals surface area contributed by atoms with E-state index in [1.807, 2.05) is 24.3 Å². The lowest BCUT2D eigenvalue weighted by Gasteiger charge is -2.05. The molecule has 56 valence electrons. The first-order valence-corrected chi connectivity index (χ1v) is 4.01. The van der Waals surface area contributed by atoms with Gasteiger partial charge in [0.2, 0.25) is 0 Å². The molecule has 0 amide bonds. The second-order valence-electron chi connectivity index (χ2n) is 2.17. The molecule has 2 N–H and O–H groups in total. The molecule has 1 rings (SSSR count). The van der Waals surface area contributed by atoms with Crippen molar-refractivity contribution in [2.24, 2.45) is 5.73 Å². The third-order valence-corrected chi connectivity index (χ3v) is 2.14. The molecule has 0 saturated heterocycles. The molecular weight excluding hydrogens is 202 g/mol. The van der Waals surface area contributed by atoms with Crippen molar-refractivity contribution >= 4 is 15.9 Å². The van der Waals surface area contributed by atoms with Crippen LogP contribution >= 0.6 is 15.9 Å². The lowest BCUT2D eigenvalue weighted by Crippen LogP contribution is -2.07. The maximum absolute atomic E-state index is 5.63. The zero-order valence-electron chi connectivity index (χ0n) is 5.92. The molecule has 1 aromatic carbocycles. The SMILES string of the molecule is C#C[C@H](N)c1ccccc1Br. The van der Waals surface area contributed by atoms with Gasteiger partial charge in [-0.3, -0.25) is 0 Å². The Morgan fingerprint density at radius 1 is 1.45 bits per heavy atom. The van der Waals surface area contributed by atoms with Gasteiger partial charge in [0.1, 0.15) is 0 Å². The maximum Gasteiger partial charge on any atom is 0.0929 e. The lowest BCUT2D eigenvalue weighted by atomic mass is 10.1. The molecule has 0 aliphatic carbocycles. The summed E-state index contributed by atoms with van der Waals surface area (Å²) in [6, 6.07) is 7.36. The molecule has 0 heterocycles. The standard InChI is InChI=1S/C9H8BrN/c1-2-9(11)7-5-3-4-6-8(7)10/h1,3-6,9H,11H2/t9-/m0/s1. The molecule has 0 radical (unpaired) electrons. The van der Waals surface area contributed by atoms with Gasteiger partial charge in [0.05, 0.1) is 6.04 Å². The first kappa shape index (κ1) is 8.32. The third kappa shape index (κ3) is 1.83. The van der Waals surface area contributed by atoms with Crippen LogP contribution in [0.5, 0.6) is 0 Å². The van der Waals surface area contributed by atoms with E-state index in [4.69, 9.17) is 12.2 Å². The van der Waals surface area contributed by atoms with Crippen molar-refractivity contribution in [3.05, 3.63) is 34.3 Å². The smallest absolute Gasteiger partial charge is 0.0929 e. The Morgan fingerprint density at radius 2 is 2.09 bits per heavy atom. The van der Waals surface area contributed by atoms with Crippen LogP contribution in [0.15, 0.2) is 28.7 Å². The van der Waals surface area contributed by atoms with Gasteiger partial charge in [0, 0.05) is 4.47 Å². The molecule has 1 nitrogen and oxygen atoms in total. The van der Waals surface area contributed by atoms with Gasteiger partial charge in [-0.1, -0.05) is 40.0 Å². The van der Waals surface area contributed by atoms with Gasteiger partial charge in [-0.25, -0.2) is 0 Å². The quantitative estimate of drug-likeness (QED) is 0.705. The molecule has 2 heteroatoms. The molecule has 0 aromatic heterocycles. The minimum Gasteiger partial charge on any atom is -0.314 e. The van der Waals surface area contributed by atoms with Gasteiger partial charge in [-0.05, 0) is 11.6 Å². The Labute approximate surface area is 74.7 Å². The first-order valence-electron chi connectivity index (χ1n) is 3.22. The van der Waals surface area contributed by atoms with E-state index < -0.39 is 0 Å². The van der Waals surface area contributed by atoms with Crippen LogP contribution in [-0.4, -0.2) is 0 Å². The van der Waals surface area contributed by atoms with Crippen LogP contribution < -0.4 is 5.73 Å². The average molecular weight is 210 g/mol. The molecule has 1 aromatic rings. The molecule has 1 atom stereocenters. The molecule has 0 bridgehead atoms. The van der Waals surface area contributed by atoms with E-state index in [0.29, 0.717) is 0 Å². The van der Waals surface area contributed by atoms with Crippen molar-refractivity contribution in [2.45, 2.75) is 6.04 Å². The normalized spacial score (nSPS) is 12.1. The van der Waals surface area contributed by atoms with Crippen molar-refractivity contribution < 1.29 is 0 Å². The monoisotopic (exact) mass is 209 g/mol. The van der Waals surface area contributed by atoms with Gasteiger partial charge in [0.25, 0.3) is 0 Å². The summed E-state index contributed by atoms with van der Waals surface area (Å²) >= 11 is 3.36. The van der Waals surface area contributed by atoms with Crippen LogP contribution in [-0.2, 0) is 0 Å². The summed E-state index contributed by atoms with van der Waals surface area (Å²) in [5.74, 6) is 2.47. The Bertz CT molecular complexity index is 288. The van der Waals surface area contributed by atoms with Crippen molar-refractivity contribution in [2.75, 3.05) is 0 Å². The number of rotatable bonds is 1. The molecule has 0 saturated carbocycles. The summed E-state index contributed by atoms with van der Waals surface area (Å²) in [4.78, 5) is 0. The minimum atomic E-state index is -0.314. The van der Waals surface area contributed by atoms with Crippen molar-refractivity contribution in [1.29, 1.82) is 0 Å². The third-order valence-electron chi connectivity index (χ3n) is 1.42. The van der Waals surface area contributed by atoms with Gasteiger partial charge < -0.3 is 5.73 Å². The fourth-order valence-corrected chi connectivity index (χ4v) is 1.35. The average Bonchev–Trinajstić information content (AvgIpc) is 2.04. The fourth-order valence-electron chi connectivity index (χ4n) is 0.817. The Hall–Kier alpha value is -0.780. The Morgan fingerprint density at radius 3 is 2.64 bits per heavy atom. The summed E-state index contributed by atoms with van der Waals surface area (Å²) in [7, 11) is 0. The van der Waals surface area contributed by atoms with Gasteiger partial charge in [0.15, 0.2) is 0 Å². The molecule has 0 spiro atoms. The second-order valence-corrected chi connectivity index (χ2v) is 3.02. The number of terminal acetylenes is 1. The molecule has 0 aliphatic rings. The summed E-state index contributed by atoms with van der Waals surface area (Å²) < 4.78 is 0.963. The van der Waals surface area contributed by atoms with E-state index in [0.717, 1.165) is 10.0 Å². The van der Waals surface area contributed by atoms with Crippen molar-refractivity contribution in [1.82, 2.24) is 0 Å². The second kappa shape index (κ2) is 3.56. The minimum absolute atomic E-state index is 0.314. The van der Waals surface area contributed by atoms with Gasteiger partial charge >= 0.3 is 0 Å². The number of halogens is 1. The van der Waals surface area contributed by atoms with Crippen LogP contribution in [0.1, 0.15) is 11.6 Å². The highest BCUT2D eigenvalue weighted by Crippen LogP contribution is 2.20. The predicted octanol–water partition coefficient (Wildman–Crippen LogP) is 2.08. The number of hydrogen-bond donors (Lipinski definition) is 1. The summed E-state index contributed by atoms with van der Waals surface area (Å²) in [6.45, 7) is 0. The van der Waals surface area contributed by atoms with Gasteiger partial charge in [-0.15, -0.1) is 6.42 Å². The maximum atomic E-state index is 5.63. The van der Waals surface area contributed by atoms with E-state index in [1.54, 1.807) is 0 Å². The lowest BCUT2D eigenvalue weighted by molar-refractivity contribution is 0.939. The predicted molar refractivity (Wildman–Crippen MR) is 49.9 cm³/mol. The van der Waals surface area contributed by atoms with Gasteiger partial charge in [-0.2, -0.15) is 0 Å². The number of benzene rings is 1. The topological polar surface area (TPSA) is 26.0 Å². The molecule has 0 unspecified atom stereocenters.